The molecule has 0 bridgehead atoms. The number of guanidine groups is 1. The monoisotopic (exact) mass is 328 g/mol. The minimum Gasteiger partial charge on any atom is -0.356 e. The number of fused-ring (bicyclic) bond motifs is 1. The second-order valence-electron chi connectivity index (χ2n) is 6.49. The van der Waals surface area contributed by atoms with Crippen LogP contribution in [0.5, 0.6) is 0 Å². The fourth-order valence-electron chi connectivity index (χ4n) is 3.26. The van der Waals surface area contributed by atoms with Crippen molar-refractivity contribution in [1.29, 1.82) is 0 Å². The smallest absolute Gasteiger partial charge is 0.193 e. The van der Waals surface area contributed by atoms with Crippen molar-refractivity contribution in [3.63, 3.8) is 0 Å². The van der Waals surface area contributed by atoms with Gasteiger partial charge < -0.3 is 19.4 Å². The third-order valence-corrected chi connectivity index (χ3v) is 4.65. The molecule has 3 rings (SSSR count). The Bertz CT molecular complexity index is 673. The van der Waals surface area contributed by atoms with Crippen LogP contribution in [-0.4, -0.2) is 45.6 Å². The average Bonchev–Trinajstić information content (AvgIpc) is 3.17. The number of hydrogen-bond acceptors (Lipinski definition) is 2. The summed E-state index contributed by atoms with van der Waals surface area (Å²) in [6.45, 7) is 2.80. The summed E-state index contributed by atoms with van der Waals surface area (Å²) in [4.78, 5) is 11.3. The van der Waals surface area contributed by atoms with E-state index in [4.69, 9.17) is 4.98 Å². The molecule has 0 unspecified atom stereocenters. The van der Waals surface area contributed by atoms with Crippen molar-refractivity contribution in [3.05, 3.63) is 41.7 Å². The summed E-state index contributed by atoms with van der Waals surface area (Å²) >= 11 is 0. The van der Waals surface area contributed by atoms with Crippen LogP contribution >= 0.6 is 0 Å². The topological polar surface area (TPSA) is 50.4 Å². The third kappa shape index (κ3) is 3.80. The summed E-state index contributed by atoms with van der Waals surface area (Å²) < 4.78 is 4.45. The zero-order valence-corrected chi connectivity index (χ0v) is 15.0. The molecule has 0 fully saturated rings. The van der Waals surface area contributed by atoms with Crippen LogP contribution in [0.25, 0.3) is 0 Å². The lowest BCUT2D eigenvalue weighted by Gasteiger charge is -2.22. The highest BCUT2D eigenvalue weighted by molar-refractivity contribution is 5.79. The highest BCUT2D eigenvalue weighted by Crippen LogP contribution is 2.14. The number of rotatable bonds is 5. The number of aryl methyl sites for hydroxylation is 3. The molecule has 6 nitrogen and oxygen atoms in total. The maximum atomic E-state index is 4.76. The van der Waals surface area contributed by atoms with Gasteiger partial charge in [0.1, 0.15) is 5.82 Å². The van der Waals surface area contributed by atoms with Crippen molar-refractivity contribution in [1.82, 2.24) is 24.3 Å². The van der Waals surface area contributed by atoms with E-state index in [9.17, 15) is 0 Å². The minimum absolute atomic E-state index is 0.835. The molecular formula is C18H28N6. The molecule has 6 heteroatoms. The van der Waals surface area contributed by atoms with Crippen molar-refractivity contribution in [2.45, 2.75) is 38.8 Å². The number of aliphatic imine (C=N–C) groups is 1. The zero-order chi connectivity index (χ0) is 16.9. The van der Waals surface area contributed by atoms with Gasteiger partial charge in [-0.25, -0.2) is 4.98 Å². The van der Waals surface area contributed by atoms with E-state index >= 15 is 0 Å². The molecule has 3 heterocycles. The van der Waals surface area contributed by atoms with Crippen LogP contribution < -0.4 is 5.32 Å². The average molecular weight is 328 g/mol. The molecule has 0 saturated carbocycles. The van der Waals surface area contributed by atoms with Gasteiger partial charge >= 0.3 is 0 Å². The molecule has 1 aliphatic heterocycles. The lowest BCUT2D eigenvalue weighted by atomic mass is 10.2. The van der Waals surface area contributed by atoms with Gasteiger partial charge in [-0.3, -0.25) is 4.99 Å². The first-order valence-electron chi connectivity index (χ1n) is 8.74. The largest absolute Gasteiger partial charge is 0.356 e. The fraction of sp³-hybridized carbons (Fsp3) is 0.556. The molecule has 0 amide bonds. The predicted molar refractivity (Wildman–Crippen MR) is 97.1 cm³/mol. The molecule has 2 aromatic rings. The highest BCUT2D eigenvalue weighted by Gasteiger charge is 2.12. The Hall–Kier alpha value is -2.24. The van der Waals surface area contributed by atoms with Gasteiger partial charge in [0.2, 0.25) is 0 Å². The summed E-state index contributed by atoms with van der Waals surface area (Å²) in [6.07, 6.45) is 8.88. The number of aromatic nitrogens is 3. The molecule has 1 aliphatic rings. The summed E-state index contributed by atoms with van der Waals surface area (Å²) in [5, 5.41) is 3.45. The van der Waals surface area contributed by atoms with Gasteiger partial charge in [-0.1, -0.05) is 0 Å². The SMILES string of the molecule is CN=C(NCCc1cn2c(n1)CCCC2)N(C)Cc1cccn1C. The minimum atomic E-state index is 0.835. The summed E-state index contributed by atoms with van der Waals surface area (Å²) in [6, 6.07) is 4.21. The summed E-state index contributed by atoms with van der Waals surface area (Å²) in [5.41, 5.74) is 2.45. The molecular weight excluding hydrogens is 300 g/mol. The van der Waals surface area contributed by atoms with Gasteiger partial charge in [-0.05, 0) is 25.0 Å². The maximum absolute atomic E-state index is 4.76. The second-order valence-corrected chi connectivity index (χ2v) is 6.49. The van der Waals surface area contributed by atoms with Crippen LogP contribution in [-0.2, 0) is 33.0 Å². The predicted octanol–water partition coefficient (Wildman–Crippen LogP) is 1.81. The van der Waals surface area contributed by atoms with Gasteiger partial charge in [-0.15, -0.1) is 0 Å². The number of nitrogens with one attached hydrogen (secondary N) is 1. The normalized spacial score (nSPS) is 14.5. The Morgan fingerprint density at radius 2 is 2.29 bits per heavy atom. The fourth-order valence-corrected chi connectivity index (χ4v) is 3.26. The molecule has 0 saturated heterocycles. The first kappa shape index (κ1) is 16.6. The van der Waals surface area contributed by atoms with E-state index in [2.05, 4.69) is 63.0 Å². The molecule has 2 aromatic heterocycles. The highest BCUT2D eigenvalue weighted by atomic mass is 15.3. The Morgan fingerprint density at radius 1 is 1.42 bits per heavy atom. The summed E-state index contributed by atoms with van der Waals surface area (Å²) in [5.74, 6) is 2.17. The van der Waals surface area contributed by atoms with Crippen LogP contribution in [0.3, 0.4) is 0 Å². The van der Waals surface area contributed by atoms with E-state index in [1.807, 2.05) is 7.05 Å². The Balaban J connectivity index is 1.50. The summed E-state index contributed by atoms with van der Waals surface area (Å²) in [7, 11) is 5.97. The molecule has 0 aromatic carbocycles. The molecule has 24 heavy (non-hydrogen) atoms. The standard InChI is InChI=1S/C18H28N6/c1-19-18(23(3)14-16-7-6-11-22(16)2)20-10-9-15-13-24-12-5-4-8-17(24)21-15/h6-7,11,13H,4-5,8-10,12,14H2,1-3H3,(H,19,20). The number of imidazole rings is 1. The first-order valence-corrected chi connectivity index (χ1v) is 8.74. The number of nitrogens with zero attached hydrogens (tertiary/aromatic N) is 5. The van der Waals surface area contributed by atoms with Crippen molar-refractivity contribution in [2.75, 3.05) is 20.6 Å². The molecule has 0 aliphatic carbocycles. The van der Waals surface area contributed by atoms with Gasteiger partial charge in [-0.2, -0.15) is 0 Å². The van der Waals surface area contributed by atoms with E-state index in [0.717, 1.165) is 38.4 Å². The van der Waals surface area contributed by atoms with Crippen molar-refractivity contribution in [2.24, 2.45) is 12.0 Å². The van der Waals surface area contributed by atoms with E-state index in [-0.39, 0.29) is 0 Å². The van der Waals surface area contributed by atoms with E-state index in [1.165, 1.54) is 30.1 Å². The zero-order valence-electron chi connectivity index (χ0n) is 15.0. The van der Waals surface area contributed by atoms with Crippen molar-refractivity contribution < 1.29 is 0 Å². The van der Waals surface area contributed by atoms with Crippen LogP contribution in [0.1, 0.15) is 30.1 Å². The molecule has 130 valence electrons. The van der Waals surface area contributed by atoms with Gasteiger partial charge in [0.25, 0.3) is 0 Å². The quantitative estimate of drug-likeness (QED) is 0.673. The van der Waals surface area contributed by atoms with E-state index in [1.54, 1.807) is 0 Å². The lowest BCUT2D eigenvalue weighted by Crippen LogP contribution is -2.39. The third-order valence-electron chi connectivity index (χ3n) is 4.65. The van der Waals surface area contributed by atoms with Crippen molar-refractivity contribution >= 4 is 5.96 Å². The van der Waals surface area contributed by atoms with E-state index in [0.29, 0.717) is 0 Å². The molecule has 0 radical (unpaired) electrons. The molecule has 0 atom stereocenters. The Morgan fingerprint density at radius 3 is 3.00 bits per heavy atom. The van der Waals surface area contributed by atoms with Gasteiger partial charge in [0.05, 0.1) is 12.2 Å². The van der Waals surface area contributed by atoms with Crippen LogP contribution in [0.15, 0.2) is 29.5 Å². The van der Waals surface area contributed by atoms with Crippen LogP contribution in [0.4, 0.5) is 0 Å². The lowest BCUT2D eigenvalue weighted by molar-refractivity contribution is 0.462. The van der Waals surface area contributed by atoms with Gasteiger partial charge in [0.15, 0.2) is 5.96 Å². The molecule has 0 spiro atoms. The molecule has 1 N–H and O–H groups in total. The second kappa shape index (κ2) is 7.55. The van der Waals surface area contributed by atoms with Crippen molar-refractivity contribution in [3.8, 4) is 0 Å². The van der Waals surface area contributed by atoms with Crippen LogP contribution in [0.2, 0.25) is 0 Å². The van der Waals surface area contributed by atoms with Crippen LogP contribution in [0, 0.1) is 0 Å². The van der Waals surface area contributed by atoms with E-state index < -0.39 is 0 Å². The maximum Gasteiger partial charge on any atom is 0.193 e. The Labute approximate surface area is 144 Å². The first-order chi connectivity index (χ1) is 11.7. The van der Waals surface area contributed by atoms with Gasteiger partial charge in [0, 0.05) is 65.2 Å². The Kier molecular flexibility index (Phi) is 5.23. The number of hydrogen-bond donors (Lipinski definition) is 1.